The molecule has 26 heavy (non-hydrogen) atoms. The molecule has 2 aromatic carbocycles. The zero-order valence-electron chi connectivity index (χ0n) is 15.0. The molecular weight excluding hydrogens is 328 g/mol. The van der Waals surface area contributed by atoms with Crippen LogP contribution in [0, 0.1) is 0 Å². The molecule has 0 saturated heterocycles. The van der Waals surface area contributed by atoms with E-state index in [0.717, 1.165) is 35.4 Å². The third-order valence-electron chi connectivity index (χ3n) is 4.14. The smallest absolute Gasteiger partial charge is 0.228 e. The largest absolute Gasteiger partial charge is 0.494 e. The van der Waals surface area contributed by atoms with Crippen molar-refractivity contribution in [2.45, 2.75) is 38.6 Å². The van der Waals surface area contributed by atoms with Gasteiger partial charge in [-0.25, -0.2) is 0 Å². The Kier molecular flexibility index (Phi) is 5.89. The minimum Gasteiger partial charge on any atom is -0.494 e. The maximum atomic E-state index is 12.2. The van der Waals surface area contributed by atoms with E-state index in [2.05, 4.69) is 10.6 Å². The van der Waals surface area contributed by atoms with E-state index in [9.17, 15) is 9.59 Å². The topological polar surface area (TPSA) is 67.4 Å². The summed E-state index contributed by atoms with van der Waals surface area (Å²) in [5.41, 5.74) is 2.60. The molecule has 2 aromatic rings. The Balaban J connectivity index is 1.48. The molecule has 0 atom stereocenters. The summed E-state index contributed by atoms with van der Waals surface area (Å²) in [6, 6.07) is 15.3. The molecule has 2 N–H and O–H groups in total. The van der Waals surface area contributed by atoms with Gasteiger partial charge in [0, 0.05) is 11.7 Å². The molecule has 1 saturated carbocycles. The summed E-state index contributed by atoms with van der Waals surface area (Å²) >= 11 is 0. The zero-order valence-corrected chi connectivity index (χ0v) is 15.0. The van der Waals surface area contributed by atoms with E-state index in [1.54, 1.807) is 0 Å². The Morgan fingerprint density at radius 2 is 1.50 bits per heavy atom. The third kappa shape index (κ3) is 5.62. The van der Waals surface area contributed by atoms with Gasteiger partial charge in [0.1, 0.15) is 5.75 Å². The normalized spacial score (nSPS) is 13.1. The van der Waals surface area contributed by atoms with Crippen LogP contribution in [-0.4, -0.2) is 24.5 Å². The lowest BCUT2D eigenvalue weighted by Gasteiger charge is -2.08. The van der Waals surface area contributed by atoms with Crippen molar-refractivity contribution < 1.29 is 14.3 Å². The van der Waals surface area contributed by atoms with Crippen molar-refractivity contribution in [2.24, 2.45) is 0 Å². The molecule has 0 unspecified atom stereocenters. The summed E-state index contributed by atoms with van der Waals surface area (Å²) in [7, 11) is 0. The molecule has 136 valence electrons. The van der Waals surface area contributed by atoms with E-state index in [1.807, 2.05) is 55.5 Å². The van der Waals surface area contributed by atoms with Crippen LogP contribution in [0.1, 0.15) is 30.9 Å². The van der Waals surface area contributed by atoms with Gasteiger partial charge in [-0.15, -0.1) is 0 Å². The second-order valence-electron chi connectivity index (χ2n) is 6.52. The molecule has 0 aromatic heterocycles. The Hall–Kier alpha value is -2.82. The molecule has 1 fully saturated rings. The number of carbonyl (C=O) groups excluding carboxylic acids is 2. The highest BCUT2D eigenvalue weighted by Crippen LogP contribution is 2.19. The molecule has 5 heteroatoms. The van der Waals surface area contributed by atoms with Crippen LogP contribution in [-0.2, 0) is 22.4 Å². The number of rotatable bonds is 8. The predicted molar refractivity (Wildman–Crippen MR) is 101 cm³/mol. The summed E-state index contributed by atoms with van der Waals surface area (Å²) in [5, 5.41) is 5.85. The van der Waals surface area contributed by atoms with Crippen LogP contribution < -0.4 is 15.4 Å². The van der Waals surface area contributed by atoms with Crippen molar-refractivity contribution in [3.05, 3.63) is 59.7 Å². The summed E-state index contributed by atoms with van der Waals surface area (Å²) in [6.45, 7) is 2.56. The number of carbonyl (C=O) groups is 2. The highest BCUT2D eigenvalue weighted by Gasteiger charge is 2.23. The van der Waals surface area contributed by atoms with E-state index in [1.165, 1.54) is 0 Å². The van der Waals surface area contributed by atoms with Gasteiger partial charge >= 0.3 is 0 Å². The van der Waals surface area contributed by atoms with Crippen LogP contribution in [0.2, 0.25) is 0 Å². The molecule has 1 aliphatic carbocycles. The first-order chi connectivity index (χ1) is 12.6. The summed E-state index contributed by atoms with van der Waals surface area (Å²) < 4.78 is 5.40. The molecule has 1 aliphatic rings. The first-order valence-electron chi connectivity index (χ1n) is 9.02. The highest BCUT2D eigenvalue weighted by molar-refractivity contribution is 5.92. The zero-order chi connectivity index (χ0) is 18.4. The van der Waals surface area contributed by atoms with Crippen molar-refractivity contribution in [3.8, 4) is 5.75 Å². The number of ether oxygens (including phenoxy) is 1. The molecular formula is C21H24N2O3. The average Bonchev–Trinajstić information content (AvgIpc) is 3.42. The maximum Gasteiger partial charge on any atom is 0.228 e. The minimum atomic E-state index is -0.0756. The Morgan fingerprint density at radius 3 is 2.08 bits per heavy atom. The fourth-order valence-electron chi connectivity index (χ4n) is 2.66. The van der Waals surface area contributed by atoms with Crippen LogP contribution in [0.4, 0.5) is 5.69 Å². The van der Waals surface area contributed by atoms with Gasteiger partial charge in [-0.3, -0.25) is 9.59 Å². The van der Waals surface area contributed by atoms with Crippen molar-refractivity contribution in [3.63, 3.8) is 0 Å². The lowest BCUT2D eigenvalue weighted by molar-refractivity contribution is -0.120. The van der Waals surface area contributed by atoms with E-state index in [0.29, 0.717) is 25.5 Å². The van der Waals surface area contributed by atoms with E-state index in [-0.39, 0.29) is 11.8 Å². The number of amides is 2. The van der Waals surface area contributed by atoms with Gasteiger partial charge in [-0.2, -0.15) is 0 Å². The second kappa shape index (κ2) is 8.52. The Morgan fingerprint density at radius 1 is 0.923 bits per heavy atom. The second-order valence-corrected chi connectivity index (χ2v) is 6.52. The lowest BCUT2D eigenvalue weighted by atomic mass is 10.1. The van der Waals surface area contributed by atoms with Gasteiger partial charge in [-0.1, -0.05) is 24.3 Å². The van der Waals surface area contributed by atoms with Gasteiger partial charge in [0.15, 0.2) is 0 Å². The molecule has 0 aliphatic heterocycles. The van der Waals surface area contributed by atoms with E-state index in [4.69, 9.17) is 4.74 Å². The average molecular weight is 352 g/mol. The minimum absolute atomic E-state index is 0.0554. The SMILES string of the molecule is CCOc1ccc(CC(=O)Nc2ccc(CC(=O)NC3CC3)cc2)cc1. The molecule has 5 nitrogen and oxygen atoms in total. The number of nitrogens with one attached hydrogen (secondary N) is 2. The van der Waals surface area contributed by atoms with Gasteiger partial charge < -0.3 is 15.4 Å². The highest BCUT2D eigenvalue weighted by atomic mass is 16.5. The van der Waals surface area contributed by atoms with Crippen molar-refractivity contribution in [1.82, 2.24) is 5.32 Å². The standard InChI is InChI=1S/C21H24N2O3/c1-2-26-19-11-5-16(6-12-19)14-21(25)22-17-7-3-15(4-8-17)13-20(24)23-18-9-10-18/h3-8,11-12,18H,2,9-10,13-14H2,1H3,(H,22,25)(H,23,24). The van der Waals surface area contributed by atoms with Gasteiger partial charge in [0.25, 0.3) is 0 Å². The quantitative estimate of drug-likeness (QED) is 0.767. The number of benzene rings is 2. The maximum absolute atomic E-state index is 12.2. The molecule has 0 spiro atoms. The van der Waals surface area contributed by atoms with Crippen molar-refractivity contribution in [1.29, 1.82) is 0 Å². The van der Waals surface area contributed by atoms with Crippen molar-refractivity contribution in [2.75, 3.05) is 11.9 Å². The third-order valence-corrected chi connectivity index (χ3v) is 4.14. The van der Waals surface area contributed by atoms with Crippen LogP contribution in [0.25, 0.3) is 0 Å². The van der Waals surface area contributed by atoms with E-state index < -0.39 is 0 Å². The Bertz CT molecular complexity index is 750. The molecule has 0 radical (unpaired) electrons. The predicted octanol–water partition coefficient (Wildman–Crippen LogP) is 3.09. The summed E-state index contributed by atoms with van der Waals surface area (Å²) in [4.78, 5) is 24.0. The lowest BCUT2D eigenvalue weighted by Crippen LogP contribution is -2.26. The Labute approximate surface area is 153 Å². The molecule has 2 amide bonds. The van der Waals surface area contributed by atoms with Crippen LogP contribution in [0.15, 0.2) is 48.5 Å². The first-order valence-corrected chi connectivity index (χ1v) is 9.02. The van der Waals surface area contributed by atoms with Crippen LogP contribution in [0.3, 0.4) is 0 Å². The van der Waals surface area contributed by atoms with E-state index >= 15 is 0 Å². The summed E-state index contributed by atoms with van der Waals surface area (Å²) in [5.74, 6) is 0.783. The number of hydrogen-bond acceptors (Lipinski definition) is 3. The molecule has 0 bridgehead atoms. The molecule has 3 rings (SSSR count). The van der Waals surface area contributed by atoms with Crippen molar-refractivity contribution >= 4 is 17.5 Å². The first kappa shape index (κ1) is 18.0. The van der Waals surface area contributed by atoms with Crippen LogP contribution in [0.5, 0.6) is 5.75 Å². The van der Waals surface area contributed by atoms with Gasteiger partial charge in [0.05, 0.1) is 19.4 Å². The summed E-state index contributed by atoms with van der Waals surface area (Å²) in [6.07, 6.45) is 2.85. The molecule has 0 heterocycles. The fourth-order valence-corrected chi connectivity index (χ4v) is 2.66. The van der Waals surface area contributed by atoms with Gasteiger partial charge in [0.2, 0.25) is 11.8 Å². The van der Waals surface area contributed by atoms with Gasteiger partial charge in [-0.05, 0) is 55.2 Å². The fraction of sp³-hybridized carbons (Fsp3) is 0.333. The monoisotopic (exact) mass is 352 g/mol. The van der Waals surface area contributed by atoms with Crippen LogP contribution >= 0.6 is 0 Å². The number of anilines is 1. The number of hydrogen-bond donors (Lipinski definition) is 2.